The van der Waals surface area contributed by atoms with Gasteiger partial charge in [-0.2, -0.15) is 5.10 Å². The number of esters is 1. The maximum atomic E-state index is 12.1. The van der Waals surface area contributed by atoms with Crippen LogP contribution in [-0.4, -0.2) is 27.8 Å². The van der Waals surface area contributed by atoms with Crippen LogP contribution in [0.15, 0.2) is 45.0 Å². The summed E-state index contributed by atoms with van der Waals surface area (Å²) in [6.07, 6.45) is 0. The van der Waals surface area contributed by atoms with Crippen LogP contribution in [0.5, 0.6) is 5.75 Å². The predicted molar refractivity (Wildman–Crippen MR) is 100 cm³/mol. The summed E-state index contributed by atoms with van der Waals surface area (Å²) in [4.78, 5) is 27.9. The lowest BCUT2D eigenvalue weighted by Crippen LogP contribution is -2.21. The van der Waals surface area contributed by atoms with Crippen molar-refractivity contribution in [2.45, 2.75) is 6.61 Å². The number of nitrogens with zero attached hydrogens (tertiary/aromatic N) is 3. The number of halogens is 1. The molecule has 3 aromatic rings. The number of hydrogen-bond donors (Lipinski definition) is 0. The molecule has 0 saturated heterocycles. The van der Waals surface area contributed by atoms with Gasteiger partial charge in [-0.1, -0.05) is 15.9 Å². The summed E-state index contributed by atoms with van der Waals surface area (Å²) in [7, 11) is 3.07. The molecule has 0 atom stereocenters. The van der Waals surface area contributed by atoms with E-state index in [0.29, 0.717) is 11.4 Å². The molecular weight excluding hydrogens is 422 g/mol. The number of ether oxygens (including phenoxy) is 2. The molecule has 9 heteroatoms. The molecule has 0 N–H and O–H groups in total. The standard InChI is InChI=1S/C17H14BrN3O4S/c1-21-15(22)6-4-13(20-21)17(23)25-8-11-9-26-16(19-11)12-7-10(18)3-5-14(12)24-2/h3-7,9H,8H2,1-2H3. The Kier molecular flexibility index (Phi) is 5.48. The van der Waals surface area contributed by atoms with Crippen LogP contribution in [0.1, 0.15) is 16.2 Å². The zero-order valence-electron chi connectivity index (χ0n) is 13.9. The fraction of sp³-hybridized carbons (Fsp3) is 0.176. The molecule has 0 radical (unpaired) electrons. The highest BCUT2D eigenvalue weighted by Gasteiger charge is 2.14. The van der Waals surface area contributed by atoms with E-state index in [4.69, 9.17) is 9.47 Å². The van der Waals surface area contributed by atoms with Crippen molar-refractivity contribution in [2.24, 2.45) is 7.05 Å². The van der Waals surface area contributed by atoms with Crippen molar-refractivity contribution in [1.82, 2.24) is 14.8 Å². The highest BCUT2D eigenvalue weighted by Crippen LogP contribution is 2.34. The number of benzene rings is 1. The van der Waals surface area contributed by atoms with Gasteiger partial charge in [0.05, 0.1) is 18.4 Å². The number of aryl methyl sites for hydroxylation is 1. The van der Waals surface area contributed by atoms with Crippen LogP contribution < -0.4 is 10.3 Å². The zero-order chi connectivity index (χ0) is 18.7. The second-order valence-electron chi connectivity index (χ2n) is 5.25. The number of thiazole rings is 1. The van der Waals surface area contributed by atoms with Gasteiger partial charge >= 0.3 is 5.97 Å². The normalized spacial score (nSPS) is 10.6. The van der Waals surface area contributed by atoms with E-state index in [-0.39, 0.29) is 17.9 Å². The fourth-order valence-corrected chi connectivity index (χ4v) is 3.35. The predicted octanol–water partition coefficient (Wildman–Crippen LogP) is 3.03. The lowest BCUT2D eigenvalue weighted by molar-refractivity contribution is 0.0458. The minimum atomic E-state index is -0.616. The van der Waals surface area contributed by atoms with Crippen molar-refractivity contribution < 1.29 is 14.3 Å². The van der Waals surface area contributed by atoms with E-state index < -0.39 is 5.97 Å². The van der Waals surface area contributed by atoms with E-state index in [0.717, 1.165) is 19.7 Å². The summed E-state index contributed by atoms with van der Waals surface area (Å²) < 4.78 is 12.6. The Morgan fingerprint density at radius 2 is 2.12 bits per heavy atom. The van der Waals surface area contributed by atoms with Crippen molar-refractivity contribution in [3.63, 3.8) is 0 Å². The highest BCUT2D eigenvalue weighted by atomic mass is 79.9. The molecule has 0 aliphatic carbocycles. The zero-order valence-corrected chi connectivity index (χ0v) is 16.3. The van der Waals surface area contributed by atoms with Gasteiger partial charge in [0.15, 0.2) is 5.69 Å². The van der Waals surface area contributed by atoms with E-state index in [1.54, 1.807) is 7.11 Å². The van der Waals surface area contributed by atoms with Crippen molar-refractivity contribution in [2.75, 3.05) is 7.11 Å². The Morgan fingerprint density at radius 3 is 2.85 bits per heavy atom. The van der Waals surface area contributed by atoms with Crippen LogP contribution in [0, 0.1) is 0 Å². The van der Waals surface area contributed by atoms with Gasteiger partial charge in [0.1, 0.15) is 17.4 Å². The van der Waals surface area contributed by atoms with E-state index in [2.05, 4.69) is 26.0 Å². The lowest BCUT2D eigenvalue weighted by atomic mass is 10.2. The lowest BCUT2D eigenvalue weighted by Gasteiger charge is -2.06. The maximum absolute atomic E-state index is 12.1. The van der Waals surface area contributed by atoms with Crippen LogP contribution in [0.3, 0.4) is 0 Å². The maximum Gasteiger partial charge on any atom is 0.359 e. The van der Waals surface area contributed by atoms with Crippen LogP contribution in [0.4, 0.5) is 0 Å². The molecule has 0 aliphatic heterocycles. The Balaban J connectivity index is 1.73. The Morgan fingerprint density at radius 1 is 1.31 bits per heavy atom. The molecule has 26 heavy (non-hydrogen) atoms. The minimum Gasteiger partial charge on any atom is -0.496 e. The molecule has 7 nitrogen and oxygen atoms in total. The summed E-state index contributed by atoms with van der Waals surface area (Å²) in [6.45, 7) is 0.0101. The first-order chi connectivity index (χ1) is 12.5. The third kappa shape index (κ3) is 4.00. The van der Waals surface area contributed by atoms with Gasteiger partial charge < -0.3 is 9.47 Å². The SMILES string of the molecule is COc1ccc(Br)cc1-c1nc(COC(=O)c2ccc(=O)n(C)n2)cs1. The minimum absolute atomic E-state index is 0.0101. The average molecular weight is 436 g/mol. The molecule has 0 saturated carbocycles. The molecule has 2 aromatic heterocycles. The number of aromatic nitrogens is 3. The van der Waals surface area contributed by atoms with E-state index in [1.165, 1.54) is 30.5 Å². The number of methoxy groups -OCH3 is 1. The summed E-state index contributed by atoms with van der Waals surface area (Å²) >= 11 is 4.87. The smallest absolute Gasteiger partial charge is 0.359 e. The quantitative estimate of drug-likeness (QED) is 0.572. The molecule has 0 spiro atoms. The Labute approximate surface area is 161 Å². The number of rotatable bonds is 5. The highest BCUT2D eigenvalue weighted by molar-refractivity contribution is 9.10. The molecule has 134 valence electrons. The van der Waals surface area contributed by atoms with Crippen molar-refractivity contribution >= 4 is 33.2 Å². The van der Waals surface area contributed by atoms with Crippen LogP contribution >= 0.6 is 27.3 Å². The first-order valence-corrected chi connectivity index (χ1v) is 9.15. The largest absolute Gasteiger partial charge is 0.496 e. The van der Waals surface area contributed by atoms with Gasteiger partial charge in [0.25, 0.3) is 5.56 Å². The van der Waals surface area contributed by atoms with Crippen LogP contribution in [-0.2, 0) is 18.4 Å². The number of carbonyl (C=O) groups excluding carboxylic acids is 1. The van der Waals surface area contributed by atoms with E-state index in [1.807, 2.05) is 23.6 Å². The van der Waals surface area contributed by atoms with Crippen molar-refractivity contribution in [1.29, 1.82) is 0 Å². The molecule has 0 bridgehead atoms. The number of hydrogen-bond acceptors (Lipinski definition) is 7. The van der Waals surface area contributed by atoms with Crippen LogP contribution in [0.2, 0.25) is 0 Å². The second kappa shape index (κ2) is 7.79. The number of carbonyl (C=O) groups is 1. The summed E-state index contributed by atoms with van der Waals surface area (Å²) in [5.41, 5.74) is 1.24. The third-order valence-corrected chi connectivity index (χ3v) is 4.88. The molecule has 0 unspecified atom stereocenters. The van der Waals surface area contributed by atoms with Crippen LogP contribution in [0.25, 0.3) is 10.6 Å². The van der Waals surface area contributed by atoms with Gasteiger partial charge in [-0.15, -0.1) is 11.3 Å². The van der Waals surface area contributed by atoms with E-state index >= 15 is 0 Å². The first-order valence-electron chi connectivity index (χ1n) is 7.47. The first kappa shape index (κ1) is 18.3. The van der Waals surface area contributed by atoms with Crippen molar-refractivity contribution in [3.8, 4) is 16.3 Å². The average Bonchev–Trinajstić information content (AvgIpc) is 3.11. The Hall–Kier alpha value is -2.52. The molecule has 2 heterocycles. The Bertz CT molecular complexity index is 1020. The van der Waals surface area contributed by atoms with E-state index in [9.17, 15) is 9.59 Å². The molecular formula is C17H14BrN3O4S. The summed E-state index contributed by atoms with van der Waals surface area (Å²) in [5, 5.41) is 6.44. The van der Waals surface area contributed by atoms with Gasteiger partial charge in [-0.05, 0) is 24.3 Å². The van der Waals surface area contributed by atoms with Gasteiger partial charge in [0, 0.05) is 23.0 Å². The van der Waals surface area contributed by atoms with Gasteiger partial charge in [-0.25, -0.2) is 14.5 Å². The molecule has 1 aromatic carbocycles. The molecule has 0 fully saturated rings. The molecule has 3 rings (SSSR count). The molecule has 0 amide bonds. The topological polar surface area (TPSA) is 83.3 Å². The summed E-state index contributed by atoms with van der Waals surface area (Å²) in [6, 6.07) is 8.26. The fourth-order valence-electron chi connectivity index (χ4n) is 2.17. The monoisotopic (exact) mass is 435 g/mol. The molecule has 0 aliphatic rings. The van der Waals surface area contributed by atoms with Gasteiger partial charge in [0.2, 0.25) is 0 Å². The second-order valence-corrected chi connectivity index (χ2v) is 7.02. The third-order valence-electron chi connectivity index (χ3n) is 3.46. The summed E-state index contributed by atoms with van der Waals surface area (Å²) in [5.74, 6) is 0.0932. The van der Waals surface area contributed by atoms with Crippen molar-refractivity contribution in [3.05, 3.63) is 61.9 Å². The van der Waals surface area contributed by atoms with Gasteiger partial charge in [-0.3, -0.25) is 4.79 Å².